The minimum Gasteiger partial charge on any atom is -0.444 e. The van der Waals surface area contributed by atoms with E-state index in [-0.39, 0.29) is 6.09 Å². The first-order valence-electron chi connectivity index (χ1n) is 9.39. The van der Waals surface area contributed by atoms with Crippen molar-refractivity contribution in [2.75, 3.05) is 26.2 Å². The smallest absolute Gasteiger partial charge is 0.410 e. The number of nitrogens with one attached hydrogen (secondary N) is 1. The third-order valence-corrected chi connectivity index (χ3v) is 5.44. The molecule has 3 saturated heterocycles. The molecule has 0 aromatic heterocycles. The van der Waals surface area contributed by atoms with Crippen molar-refractivity contribution in [3.8, 4) is 0 Å². The second-order valence-electron chi connectivity index (χ2n) is 8.46. The van der Waals surface area contributed by atoms with E-state index in [2.05, 4.69) is 10.2 Å². The largest absolute Gasteiger partial charge is 0.444 e. The quantitative estimate of drug-likeness (QED) is 0.848. The number of nitrogens with zero attached hydrogens (tertiary/aromatic N) is 2. The Morgan fingerprint density at radius 2 is 1.70 bits per heavy atom. The monoisotopic (exact) mass is 323 g/mol. The molecular weight excluding hydrogens is 290 g/mol. The minimum absolute atomic E-state index is 0.157. The van der Waals surface area contributed by atoms with Gasteiger partial charge < -0.3 is 19.9 Å². The summed E-state index contributed by atoms with van der Waals surface area (Å²) in [6.45, 7) is 9.98. The van der Waals surface area contributed by atoms with Crippen LogP contribution in [0.25, 0.3) is 0 Å². The number of carbonyl (C=O) groups excluding carboxylic acids is 1. The number of hydrogen-bond acceptors (Lipinski definition) is 4. The molecule has 0 saturated carbocycles. The predicted octanol–water partition coefficient (Wildman–Crippen LogP) is 2.60. The molecule has 0 bridgehead atoms. The van der Waals surface area contributed by atoms with Crippen LogP contribution in [-0.4, -0.2) is 65.8 Å². The van der Waals surface area contributed by atoms with Crippen molar-refractivity contribution in [1.29, 1.82) is 0 Å². The van der Waals surface area contributed by atoms with Crippen LogP contribution in [0.15, 0.2) is 0 Å². The van der Waals surface area contributed by atoms with Crippen LogP contribution < -0.4 is 5.32 Å². The van der Waals surface area contributed by atoms with Gasteiger partial charge in [-0.05, 0) is 72.4 Å². The van der Waals surface area contributed by atoms with Crippen LogP contribution in [0, 0.1) is 0 Å². The Balaban J connectivity index is 1.40. The summed E-state index contributed by atoms with van der Waals surface area (Å²) in [6, 6.07) is 2.06. The summed E-state index contributed by atoms with van der Waals surface area (Å²) in [5.74, 6) is 0. The molecule has 0 aliphatic carbocycles. The molecule has 23 heavy (non-hydrogen) atoms. The Kier molecular flexibility index (Phi) is 5.16. The van der Waals surface area contributed by atoms with Gasteiger partial charge in [0.25, 0.3) is 0 Å². The van der Waals surface area contributed by atoms with E-state index in [1.165, 1.54) is 38.8 Å². The van der Waals surface area contributed by atoms with E-state index >= 15 is 0 Å². The van der Waals surface area contributed by atoms with Crippen molar-refractivity contribution in [3.05, 3.63) is 0 Å². The lowest BCUT2D eigenvalue weighted by Crippen LogP contribution is -2.52. The normalized spacial score (nSPS) is 30.3. The van der Waals surface area contributed by atoms with Crippen LogP contribution in [0.3, 0.4) is 0 Å². The first kappa shape index (κ1) is 17.0. The third kappa shape index (κ3) is 4.60. The van der Waals surface area contributed by atoms with Crippen LogP contribution in [-0.2, 0) is 4.74 Å². The molecular formula is C18H33N3O2. The Labute approximate surface area is 140 Å². The van der Waals surface area contributed by atoms with Gasteiger partial charge in [0, 0.05) is 31.2 Å². The van der Waals surface area contributed by atoms with E-state index in [4.69, 9.17) is 4.74 Å². The van der Waals surface area contributed by atoms with Crippen molar-refractivity contribution in [3.63, 3.8) is 0 Å². The maximum Gasteiger partial charge on any atom is 0.410 e. The standard InChI is InChI=1S/C18H33N3O2/c1-18(2,3)23-17(22)21-11-6-14(7-12-21)19-15-8-10-20-9-4-5-16(20)13-15/h14-16,19H,4-13H2,1-3H3. The lowest BCUT2D eigenvalue weighted by atomic mass is 9.95. The molecule has 3 heterocycles. The summed E-state index contributed by atoms with van der Waals surface area (Å²) in [7, 11) is 0. The van der Waals surface area contributed by atoms with Crippen molar-refractivity contribution in [2.24, 2.45) is 0 Å². The number of piperidine rings is 2. The number of hydrogen-bond donors (Lipinski definition) is 1. The van der Waals surface area contributed by atoms with Gasteiger partial charge in [0.15, 0.2) is 0 Å². The molecule has 0 aromatic rings. The number of rotatable bonds is 2. The van der Waals surface area contributed by atoms with Gasteiger partial charge in [0.05, 0.1) is 0 Å². The second-order valence-corrected chi connectivity index (χ2v) is 8.46. The Morgan fingerprint density at radius 1 is 1.00 bits per heavy atom. The van der Waals surface area contributed by atoms with Crippen molar-refractivity contribution in [1.82, 2.24) is 15.1 Å². The summed E-state index contributed by atoms with van der Waals surface area (Å²) in [4.78, 5) is 16.6. The lowest BCUT2D eigenvalue weighted by molar-refractivity contribution is 0.0192. The van der Waals surface area contributed by atoms with E-state index in [1.54, 1.807) is 0 Å². The minimum atomic E-state index is -0.401. The van der Waals surface area contributed by atoms with Gasteiger partial charge in [0.1, 0.15) is 5.60 Å². The summed E-state index contributed by atoms with van der Waals surface area (Å²) in [5.41, 5.74) is -0.401. The first-order valence-corrected chi connectivity index (χ1v) is 9.39. The van der Waals surface area contributed by atoms with E-state index in [9.17, 15) is 4.79 Å². The van der Waals surface area contributed by atoms with Crippen LogP contribution in [0.4, 0.5) is 4.79 Å². The fraction of sp³-hybridized carbons (Fsp3) is 0.944. The van der Waals surface area contributed by atoms with Gasteiger partial charge in [-0.1, -0.05) is 0 Å². The maximum atomic E-state index is 12.1. The van der Waals surface area contributed by atoms with Crippen molar-refractivity contribution in [2.45, 2.75) is 83.0 Å². The highest BCUT2D eigenvalue weighted by molar-refractivity contribution is 5.68. The SMILES string of the molecule is CC(C)(C)OC(=O)N1CCC(NC2CCN3CCCC3C2)CC1. The van der Waals surface area contributed by atoms with E-state index in [0.29, 0.717) is 12.1 Å². The molecule has 5 nitrogen and oxygen atoms in total. The lowest BCUT2D eigenvalue weighted by Gasteiger charge is -2.39. The van der Waals surface area contributed by atoms with Crippen molar-refractivity contribution >= 4 is 6.09 Å². The third-order valence-electron chi connectivity index (χ3n) is 5.44. The molecule has 3 aliphatic rings. The molecule has 3 fully saturated rings. The molecule has 3 rings (SSSR count). The number of amides is 1. The highest BCUT2D eigenvalue weighted by Crippen LogP contribution is 2.27. The molecule has 2 atom stereocenters. The van der Waals surface area contributed by atoms with Gasteiger partial charge in [0.2, 0.25) is 0 Å². The average molecular weight is 323 g/mol. The summed E-state index contributed by atoms with van der Waals surface area (Å²) in [5, 5.41) is 3.87. The number of ether oxygens (including phenoxy) is 1. The topological polar surface area (TPSA) is 44.8 Å². The molecule has 0 spiro atoms. The van der Waals surface area contributed by atoms with Crippen LogP contribution in [0.1, 0.15) is 59.3 Å². The Hall–Kier alpha value is -0.810. The van der Waals surface area contributed by atoms with E-state index in [1.807, 2.05) is 25.7 Å². The van der Waals surface area contributed by atoms with Gasteiger partial charge in [-0.3, -0.25) is 0 Å². The van der Waals surface area contributed by atoms with Gasteiger partial charge in [-0.25, -0.2) is 4.79 Å². The highest BCUT2D eigenvalue weighted by Gasteiger charge is 2.33. The second kappa shape index (κ2) is 6.98. The van der Waals surface area contributed by atoms with E-state index in [0.717, 1.165) is 32.0 Å². The Morgan fingerprint density at radius 3 is 2.39 bits per heavy atom. The number of fused-ring (bicyclic) bond motifs is 1. The fourth-order valence-corrected chi connectivity index (χ4v) is 4.26. The first-order chi connectivity index (χ1) is 10.9. The Bertz CT molecular complexity index is 413. The van der Waals surface area contributed by atoms with Crippen molar-refractivity contribution < 1.29 is 9.53 Å². The van der Waals surface area contributed by atoms with Crippen LogP contribution in [0.2, 0.25) is 0 Å². The van der Waals surface area contributed by atoms with Crippen LogP contribution in [0.5, 0.6) is 0 Å². The molecule has 0 aromatic carbocycles. The molecule has 3 aliphatic heterocycles. The zero-order valence-corrected chi connectivity index (χ0v) is 15.0. The van der Waals surface area contributed by atoms with E-state index < -0.39 is 5.60 Å². The summed E-state index contributed by atoms with van der Waals surface area (Å²) >= 11 is 0. The number of likely N-dealkylation sites (tertiary alicyclic amines) is 1. The summed E-state index contributed by atoms with van der Waals surface area (Å²) in [6.07, 6.45) is 7.29. The number of carbonyl (C=O) groups is 1. The molecule has 2 unspecified atom stereocenters. The van der Waals surface area contributed by atoms with Gasteiger partial charge in [-0.15, -0.1) is 0 Å². The predicted molar refractivity (Wildman–Crippen MR) is 91.6 cm³/mol. The highest BCUT2D eigenvalue weighted by atomic mass is 16.6. The zero-order valence-electron chi connectivity index (χ0n) is 15.0. The molecule has 1 amide bonds. The molecule has 132 valence electrons. The molecule has 1 N–H and O–H groups in total. The van der Waals surface area contributed by atoms with Crippen LogP contribution >= 0.6 is 0 Å². The average Bonchev–Trinajstić information content (AvgIpc) is 2.94. The zero-order chi connectivity index (χ0) is 16.4. The fourth-order valence-electron chi connectivity index (χ4n) is 4.26. The molecule has 5 heteroatoms. The van der Waals surface area contributed by atoms with Gasteiger partial charge >= 0.3 is 6.09 Å². The van der Waals surface area contributed by atoms with Gasteiger partial charge in [-0.2, -0.15) is 0 Å². The maximum absolute atomic E-state index is 12.1. The summed E-state index contributed by atoms with van der Waals surface area (Å²) < 4.78 is 5.47. The molecule has 0 radical (unpaired) electrons.